The zero-order valence-electron chi connectivity index (χ0n) is 18.7. The first-order valence-electron chi connectivity index (χ1n) is 10.1. The minimum absolute atomic E-state index is 0.0238. The van der Waals surface area contributed by atoms with Gasteiger partial charge in [0.25, 0.3) is 6.47 Å². The van der Waals surface area contributed by atoms with Gasteiger partial charge >= 0.3 is 5.97 Å². The minimum atomic E-state index is -0.668. The Bertz CT molecular complexity index is 1070. The van der Waals surface area contributed by atoms with Crippen molar-refractivity contribution in [2.45, 2.75) is 20.3 Å². The van der Waals surface area contributed by atoms with Crippen LogP contribution < -0.4 is 4.74 Å². The number of ether oxygens (including phenoxy) is 3. The summed E-state index contributed by atoms with van der Waals surface area (Å²) in [6.07, 6.45) is 0.224. The van der Waals surface area contributed by atoms with E-state index in [0.717, 1.165) is 6.07 Å². The molecule has 33 heavy (non-hydrogen) atoms. The summed E-state index contributed by atoms with van der Waals surface area (Å²) in [5, 5.41) is 0. The molecule has 0 fully saturated rings. The van der Waals surface area contributed by atoms with Gasteiger partial charge in [0, 0.05) is 23.1 Å². The van der Waals surface area contributed by atoms with Crippen LogP contribution in [0.25, 0.3) is 11.1 Å². The predicted octanol–water partition coefficient (Wildman–Crippen LogP) is 5.55. The maximum absolute atomic E-state index is 14.8. The van der Waals surface area contributed by atoms with Crippen LogP contribution in [0.4, 0.5) is 8.78 Å². The summed E-state index contributed by atoms with van der Waals surface area (Å²) in [6, 6.07) is 8.23. The van der Waals surface area contributed by atoms with Gasteiger partial charge in [0.1, 0.15) is 23.1 Å². The maximum Gasteiger partial charge on any atom is 0.338 e. The molecular formula is C26H26F2O5. The molecule has 7 heteroatoms. The fraction of sp³-hybridized carbons (Fsp3) is 0.231. The van der Waals surface area contributed by atoms with Crippen molar-refractivity contribution in [3.8, 4) is 16.9 Å². The molecular weight excluding hydrogens is 430 g/mol. The standard InChI is InChI=1S/C26H26F2O5/c1-16(2)18(5)32-14-19(13-31-15-29)10-21-7-6-20(11-24(21)27)23-9-8-22(12-25(23)28)33-26(30)17(3)4/h6-9,11-12,15,19H,1,3,5,10,13-14H2,2,4H3. The lowest BCUT2D eigenvalue weighted by atomic mass is 9.97. The molecule has 0 saturated heterocycles. The van der Waals surface area contributed by atoms with Crippen LogP contribution in [-0.4, -0.2) is 25.7 Å². The topological polar surface area (TPSA) is 61.8 Å². The maximum atomic E-state index is 14.8. The Morgan fingerprint density at radius 3 is 2.30 bits per heavy atom. The first-order valence-corrected chi connectivity index (χ1v) is 10.1. The molecule has 0 heterocycles. The van der Waals surface area contributed by atoms with E-state index in [1.807, 2.05) is 0 Å². The molecule has 1 atom stereocenters. The van der Waals surface area contributed by atoms with Gasteiger partial charge in [0.2, 0.25) is 0 Å². The number of carbonyl (C=O) groups is 2. The smallest absolute Gasteiger partial charge is 0.338 e. The molecule has 2 aromatic carbocycles. The van der Waals surface area contributed by atoms with Crippen molar-refractivity contribution >= 4 is 12.4 Å². The average molecular weight is 456 g/mol. The molecule has 0 saturated carbocycles. The highest BCUT2D eigenvalue weighted by Crippen LogP contribution is 2.29. The Hall–Kier alpha value is -3.74. The second-order valence-corrected chi connectivity index (χ2v) is 7.63. The van der Waals surface area contributed by atoms with E-state index in [2.05, 4.69) is 19.7 Å². The number of benzene rings is 2. The fourth-order valence-electron chi connectivity index (χ4n) is 2.86. The lowest BCUT2D eigenvalue weighted by Crippen LogP contribution is -2.19. The van der Waals surface area contributed by atoms with Crippen LogP contribution in [0, 0.1) is 17.6 Å². The van der Waals surface area contributed by atoms with Crippen LogP contribution >= 0.6 is 0 Å². The molecule has 0 aliphatic rings. The molecule has 174 valence electrons. The van der Waals surface area contributed by atoms with Gasteiger partial charge in [0.15, 0.2) is 0 Å². The van der Waals surface area contributed by atoms with Crippen molar-refractivity contribution in [2.24, 2.45) is 5.92 Å². The summed E-state index contributed by atoms with van der Waals surface area (Å²) in [7, 11) is 0. The van der Waals surface area contributed by atoms with Gasteiger partial charge in [-0.3, -0.25) is 4.79 Å². The quantitative estimate of drug-likeness (QED) is 0.105. The van der Waals surface area contributed by atoms with Gasteiger partial charge in [-0.25, -0.2) is 13.6 Å². The van der Waals surface area contributed by atoms with Crippen LogP contribution in [0.15, 0.2) is 73.0 Å². The molecule has 0 aliphatic carbocycles. The molecule has 0 aromatic heterocycles. The van der Waals surface area contributed by atoms with Crippen LogP contribution in [0.3, 0.4) is 0 Å². The van der Waals surface area contributed by atoms with Crippen molar-refractivity contribution in [1.82, 2.24) is 0 Å². The SMILES string of the molecule is C=C(C)C(=C)OCC(COC=O)Cc1ccc(-c2ccc(OC(=O)C(=C)C)cc2F)cc1F. The van der Waals surface area contributed by atoms with Crippen molar-refractivity contribution in [3.05, 3.63) is 90.2 Å². The number of rotatable bonds is 12. The third kappa shape index (κ3) is 7.42. The van der Waals surface area contributed by atoms with Gasteiger partial charge < -0.3 is 14.2 Å². The van der Waals surface area contributed by atoms with Gasteiger partial charge in [-0.05, 0) is 55.2 Å². The molecule has 0 radical (unpaired) electrons. The molecule has 2 rings (SSSR count). The molecule has 5 nitrogen and oxygen atoms in total. The van der Waals surface area contributed by atoms with Crippen LogP contribution in [-0.2, 0) is 25.5 Å². The number of esters is 1. The van der Waals surface area contributed by atoms with Gasteiger partial charge in [0.05, 0.1) is 13.2 Å². The Labute approximate surface area is 192 Å². The minimum Gasteiger partial charge on any atom is -0.494 e. The van der Waals surface area contributed by atoms with Crippen molar-refractivity contribution < 1.29 is 32.6 Å². The highest BCUT2D eigenvalue weighted by molar-refractivity contribution is 5.88. The fourth-order valence-corrected chi connectivity index (χ4v) is 2.86. The van der Waals surface area contributed by atoms with Gasteiger partial charge in [-0.1, -0.05) is 31.9 Å². The van der Waals surface area contributed by atoms with Crippen molar-refractivity contribution in [1.29, 1.82) is 0 Å². The number of hydrogen-bond acceptors (Lipinski definition) is 5. The summed E-state index contributed by atoms with van der Waals surface area (Å²) in [5.41, 5.74) is 1.66. The van der Waals surface area contributed by atoms with E-state index in [-0.39, 0.29) is 42.4 Å². The van der Waals surface area contributed by atoms with Crippen molar-refractivity contribution in [3.63, 3.8) is 0 Å². The second kappa shape index (κ2) is 11.8. The van der Waals surface area contributed by atoms with E-state index in [4.69, 9.17) is 14.2 Å². The van der Waals surface area contributed by atoms with Gasteiger partial charge in [-0.2, -0.15) is 0 Å². The lowest BCUT2D eigenvalue weighted by Gasteiger charge is -2.18. The van der Waals surface area contributed by atoms with E-state index in [0.29, 0.717) is 28.9 Å². The number of hydrogen-bond donors (Lipinski definition) is 0. The summed E-state index contributed by atoms with van der Waals surface area (Å²) in [4.78, 5) is 22.2. The monoisotopic (exact) mass is 456 g/mol. The van der Waals surface area contributed by atoms with Crippen molar-refractivity contribution in [2.75, 3.05) is 13.2 Å². The highest BCUT2D eigenvalue weighted by atomic mass is 19.1. The number of carbonyl (C=O) groups excluding carboxylic acids is 2. The molecule has 0 bridgehead atoms. The summed E-state index contributed by atoms with van der Waals surface area (Å²) in [5.74, 6) is -1.78. The molecule has 2 aromatic rings. The van der Waals surface area contributed by atoms with E-state index in [1.165, 1.54) is 25.1 Å². The Morgan fingerprint density at radius 1 is 1.00 bits per heavy atom. The first-order chi connectivity index (χ1) is 15.6. The number of allylic oxidation sites excluding steroid dienone is 1. The van der Waals surface area contributed by atoms with Gasteiger partial charge in [-0.15, -0.1) is 0 Å². The Balaban J connectivity index is 2.18. The first kappa shape index (κ1) is 25.5. The van der Waals surface area contributed by atoms with E-state index < -0.39 is 17.6 Å². The molecule has 0 aliphatic heterocycles. The van der Waals surface area contributed by atoms with E-state index in [1.54, 1.807) is 19.1 Å². The molecule has 1 unspecified atom stereocenters. The summed E-state index contributed by atoms with van der Waals surface area (Å²) >= 11 is 0. The largest absolute Gasteiger partial charge is 0.494 e. The van der Waals surface area contributed by atoms with Crippen LogP contribution in [0.2, 0.25) is 0 Å². The normalized spacial score (nSPS) is 11.3. The zero-order chi connectivity index (χ0) is 24.5. The second-order valence-electron chi connectivity index (χ2n) is 7.63. The van der Waals surface area contributed by atoms with Crippen LogP contribution in [0.5, 0.6) is 5.75 Å². The Morgan fingerprint density at radius 2 is 1.73 bits per heavy atom. The highest BCUT2D eigenvalue weighted by Gasteiger charge is 2.17. The summed E-state index contributed by atoms with van der Waals surface area (Å²) in [6.45, 7) is 14.7. The average Bonchev–Trinajstić information content (AvgIpc) is 2.76. The third-order valence-corrected chi connectivity index (χ3v) is 4.74. The molecule has 0 N–H and O–H groups in total. The summed E-state index contributed by atoms with van der Waals surface area (Å²) < 4.78 is 44.8. The molecule has 0 spiro atoms. The van der Waals surface area contributed by atoms with Crippen LogP contribution in [0.1, 0.15) is 19.4 Å². The number of halogens is 2. The predicted molar refractivity (Wildman–Crippen MR) is 121 cm³/mol. The third-order valence-electron chi connectivity index (χ3n) is 4.74. The molecule has 0 amide bonds. The Kier molecular flexibility index (Phi) is 9.09. The zero-order valence-corrected chi connectivity index (χ0v) is 18.7. The lowest BCUT2D eigenvalue weighted by molar-refractivity contribution is -0.131. The van der Waals surface area contributed by atoms with E-state index in [9.17, 15) is 18.4 Å². The van der Waals surface area contributed by atoms with E-state index >= 15 is 0 Å².